The summed E-state index contributed by atoms with van der Waals surface area (Å²) in [5.74, 6) is 2.05. The first kappa shape index (κ1) is 5.72. The van der Waals surface area contributed by atoms with E-state index in [1.54, 1.807) is 0 Å². The van der Waals surface area contributed by atoms with Gasteiger partial charge in [0.05, 0.1) is 6.10 Å². The van der Waals surface area contributed by atoms with E-state index in [1.165, 1.54) is 19.3 Å². The van der Waals surface area contributed by atoms with E-state index in [0.717, 1.165) is 18.4 Å². The summed E-state index contributed by atoms with van der Waals surface area (Å²) in [4.78, 5) is 0. The summed E-state index contributed by atoms with van der Waals surface area (Å²) in [6, 6.07) is 0. The molecule has 9 heavy (non-hydrogen) atoms. The minimum absolute atomic E-state index is 0.653. The van der Waals surface area contributed by atoms with Crippen LogP contribution in [0.15, 0.2) is 0 Å². The van der Waals surface area contributed by atoms with Crippen LogP contribution in [0.1, 0.15) is 26.2 Å². The van der Waals surface area contributed by atoms with Gasteiger partial charge in [-0.15, -0.1) is 0 Å². The van der Waals surface area contributed by atoms with E-state index in [-0.39, 0.29) is 0 Å². The fourth-order valence-electron chi connectivity index (χ4n) is 2.07. The standard InChI is InChI=1S/C8H14O/c1-2-9-8-4-3-6-5-7(6)8/h6-8H,2-5H2,1H3. The van der Waals surface area contributed by atoms with Crippen molar-refractivity contribution in [2.75, 3.05) is 6.61 Å². The smallest absolute Gasteiger partial charge is 0.0606 e. The number of hydrogen-bond donors (Lipinski definition) is 0. The van der Waals surface area contributed by atoms with Crippen LogP contribution in [0.5, 0.6) is 0 Å². The molecule has 2 aliphatic carbocycles. The zero-order valence-corrected chi connectivity index (χ0v) is 5.97. The second-order valence-electron chi connectivity index (χ2n) is 3.23. The third-order valence-corrected chi connectivity index (χ3v) is 2.66. The van der Waals surface area contributed by atoms with Crippen molar-refractivity contribution in [2.45, 2.75) is 32.3 Å². The number of fused-ring (bicyclic) bond motifs is 1. The first-order chi connectivity index (χ1) is 4.42. The first-order valence-electron chi connectivity index (χ1n) is 4.03. The Labute approximate surface area is 56.4 Å². The Balaban J connectivity index is 1.84. The van der Waals surface area contributed by atoms with E-state index in [9.17, 15) is 0 Å². The number of hydrogen-bond acceptors (Lipinski definition) is 1. The molecular formula is C8H14O. The van der Waals surface area contributed by atoms with Gasteiger partial charge in [-0.05, 0) is 38.0 Å². The second kappa shape index (κ2) is 1.98. The molecule has 0 aromatic carbocycles. The zero-order valence-electron chi connectivity index (χ0n) is 5.97. The molecule has 0 heterocycles. The van der Waals surface area contributed by atoms with Gasteiger partial charge in [-0.2, -0.15) is 0 Å². The van der Waals surface area contributed by atoms with E-state index in [4.69, 9.17) is 4.74 Å². The Kier molecular flexibility index (Phi) is 1.26. The van der Waals surface area contributed by atoms with E-state index in [2.05, 4.69) is 6.92 Å². The van der Waals surface area contributed by atoms with Crippen LogP contribution in [-0.4, -0.2) is 12.7 Å². The molecule has 0 saturated heterocycles. The summed E-state index contributed by atoms with van der Waals surface area (Å²) >= 11 is 0. The van der Waals surface area contributed by atoms with E-state index < -0.39 is 0 Å². The highest BCUT2D eigenvalue weighted by atomic mass is 16.5. The van der Waals surface area contributed by atoms with Crippen LogP contribution in [-0.2, 0) is 4.74 Å². The highest BCUT2D eigenvalue weighted by Gasteiger charge is 2.48. The van der Waals surface area contributed by atoms with Gasteiger partial charge in [0, 0.05) is 6.61 Å². The number of rotatable bonds is 2. The van der Waals surface area contributed by atoms with Gasteiger partial charge in [-0.3, -0.25) is 0 Å². The summed E-state index contributed by atoms with van der Waals surface area (Å²) in [7, 11) is 0. The third kappa shape index (κ3) is 0.877. The molecule has 2 fully saturated rings. The maximum Gasteiger partial charge on any atom is 0.0606 e. The predicted molar refractivity (Wildman–Crippen MR) is 36.2 cm³/mol. The van der Waals surface area contributed by atoms with Crippen LogP contribution in [0, 0.1) is 11.8 Å². The molecule has 0 radical (unpaired) electrons. The van der Waals surface area contributed by atoms with Crippen LogP contribution < -0.4 is 0 Å². The summed E-state index contributed by atoms with van der Waals surface area (Å²) in [5, 5.41) is 0. The predicted octanol–water partition coefficient (Wildman–Crippen LogP) is 1.82. The number of ether oxygens (including phenoxy) is 1. The minimum atomic E-state index is 0.653. The lowest BCUT2D eigenvalue weighted by atomic mass is 10.2. The highest BCUT2D eigenvalue weighted by Crippen LogP contribution is 2.52. The Morgan fingerprint density at radius 1 is 1.44 bits per heavy atom. The van der Waals surface area contributed by atoms with Crippen LogP contribution in [0.2, 0.25) is 0 Å². The van der Waals surface area contributed by atoms with Crippen molar-refractivity contribution in [2.24, 2.45) is 11.8 Å². The normalized spacial score (nSPS) is 47.0. The molecule has 0 aromatic rings. The molecule has 1 nitrogen and oxygen atoms in total. The molecular weight excluding hydrogens is 112 g/mol. The van der Waals surface area contributed by atoms with Gasteiger partial charge >= 0.3 is 0 Å². The third-order valence-electron chi connectivity index (χ3n) is 2.66. The summed E-state index contributed by atoms with van der Waals surface area (Å²) < 4.78 is 5.56. The lowest BCUT2D eigenvalue weighted by molar-refractivity contribution is 0.0528. The molecule has 3 atom stereocenters. The van der Waals surface area contributed by atoms with Gasteiger partial charge in [-0.25, -0.2) is 0 Å². The van der Waals surface area contributed by atoms with E-state index in [1.807, 2.05) is 0 Å². The average Bonchev–Trinajstić information content (AvgIpc) is 2.54. The second-order valence-corrected chi connectivity index (χ2v) is 3.23. The molecule has 0 spiro atoms. The van der Waals surface area contributed by atoms with Crippen molar-refractivity contribution in [3.63, 3.8) is 0 Å². The summed E-state index contributed by atoms with van der Waals surface area (Å²) in [6.07, 6.45) is 4.89. The van der Waals surface area contributed by atoms with Gasteiger partial charge in [-0.1, -0.05) is 0 Å². The van der Waals surface area contributed by atoms with Crippen LogP contribution in [0.3, 0.4) is 0 Å². The lowest BCUT2D eigenvalue weighted by Crippen LogP contribution is -2.11. The van der Waals surface area contributed by atoms with Gasteiger partial charge in [0.15, 0.2) is 0 Å². The maximum atomic E-state index is 5.56. The summed E-state index contributed by atoms with van der Waals surface area (Å²) in [5.41, 5.74) is 0. The van der Waals surface area contributed by atoms with Crippen molar-refractivity contribution in [3.05, 3.63) is 0 Å². The Morgan fingerprint density at radius 3 is 2.78 bits per heavy atom. The quantitative estimate of drug-likeness (QED) is 0.548. The highest BCUT2D eigenvalue weighted by molar-refractivity contribution is 4.98. The fourth-order valence-corrected chi connectivity index (χ4v) is 2.07. The Hall–Kier alpha value is -0.0400. The molecule has 52 valence electrons. The molecule has 0 amide bonds. The van der Waals surface area contributed by atoms with E-state index in [0.29, 0.717) is 6.10 Å². The molecule has 0 N–H and O–H groups in total. The maximum absolute atomic E-state index is 5.56. The molecule has 2 rings (SSSR count). The topological polar surface area (TPSA) is 9.23 Å². The lowest BCUT2D eigenvalue weighted by Gasteiger charge is -2.10. The van der Waals surface area contributed by atoms with E-state index >= 15 is 0 Å². The largest absolute Gasteiger partial charge is 0.378 e. The van der Waals surface area contributed by atoms with Gasteiger partial charge < -0.3 is 4.74 Å². The SMILES string of the molecule is CCOC1CCC2CC21. The van der Waals surface area contributed by atoms with Crippen LogP contribution in [0.25, 0.3) is 0 Å². The molecule has 2 saturated carbocycles. The zero-order chi connectivity index (χ0) is 6.27. The first-order valence-corrected chi connectivity index (χ1v) is 4.03. The van der Waals surface area contributed by atoms with Crippen molar-refractivity contribution < 1.29 is 4.74 Å². The molecule has 1 heteroatoms. The Morgan fingerprint density at radius 2 is 2.33 bits per heavy atom. The minimum Gasteiger partial charge on any atom is -0.378 e. The molecule has 0 aliphatic heterocycles. The molecule has 2 aliphatic rings. The van der Waals surface area contributed by atoms with Crippen molar-refractivity contribution in [1.82, 2.24) is 0 Å². The molecule has 0 bridgehead atoms. The van der Waals surface area contributed by atoms with Gasteiger partial charge in [0.25, 0.3) is 0 Å². The van der Waals surface area contributed by atoms with Crippen LogP contribution in [0.4, 0.5) is 0 Å². The van der Waals surface area contributed by atoms with Crippen molar-refractivity contribution in [3.8, 4) is 0 Å². The average molecular weight is 126 g/mol. The van der Waals surface area contributed by atoms with Crippen molar-refractivity contribution in [1.29, 1.82) is 0 Å². The van der Waals surface area contributed by atoms with Crippen molar-refractivity contribution >= 4 is 0 Å². The van der Waals surface area contributed by atoms with Gasteiger partial charge in [0.2, 0.25) is 0 Å². The Bertz CT molecular complexity index is 111. The van der Waals surface area contributed by atoms with Crippen LogP contribution >= 0.6 is 0 Å². The fraction of sp³-hybridized carbons (Fsp3) is 1.00. The monoisotopic (exact) mass is 126 g/mol. The van der Waals surface area contributed by atoms with Gasteiger partial charge in [0.1, 0.15) is 0 Å². The molecule has 3 unspecified atom stereocenters. The summed E-state index contributed by atoms with van der Waals surface area (Å²) in [6.45, 7) is 3.00. The molecule has 0 aromatic heterocycles.